The smallest absolute Gasteiger partial charge is 0.338 e. The maximum absolute atomic E-state index is 14.3. The van der Waals surface area contributed by atoms with Gasteiger partial charge in [0.15, 0.2) is 24.9 Å². The second-order valence-electron chi connectivity index (χ2n) is 15.3. The Balaban J connectivity index is 1.04. The third-order valence-electron chi connectivity index (χ3n) is 11.5. The molecule has 0 bridgehead atoms. The monoisotopic (exact) mass is 810 g/mol. The van der Waals surface area contributed by atoms with Gasteiger partial charge < -0.3 is 34.8 Å². The van der Waals surface area contributed by atoms with Crippen molar-refractivity contribution in [2.45, 2.75) is 58.2 Å². The van der Waals surface area contributed by atoms with Gasteiger partial charge in [0.2, 0.25) is 0 Å². The number of hydrogen-bond acceptors (Lipinski definition) is 11. The van der Waals surface area contributed by atoms with Crippen LogP contribution >= 0.6 is 0 Å². The molecule has 4 amide bonds. The van der Waals surface area contributed by atoms with Crippen LogP contribution in [0.1, 0.15) is 125 Å². The van der Waals surface area contributed by atoms with E-state index in [9.17, 15) is 44.4 Å². The van der Waals surface area contributed by atoms with Crippen molar-refractivity contribution in [2.75, 3.05) is 21.7 Å². The molecule has 0 saturated heterocycles. The molecule has 0 spiro atoms. The number of fused-ring (bicyclic) bond motifs is 4. The minimum absolute atomic E-state index is 0.00534. The minimum Gasteiger partial charge on any atom is -0.459 e. The molecule has 60 heavy (non-hydrogen) atoms. The van der Waals surface area contributed by atoms with Gasteiger partial charge in [-0.2, -0.15) is 0 Å². The van der Waals surface area contributed by atoms with Crippen LogP contribution in [0.15, 0.2) is 91.0 Å². The van der Waals surface area contributed by atoms with E-state index in [1.54, 1.807) is 31.2 Å². The fourth-order valence-electron chi connectivity index (χ4n) is 8.03. The highest BCUT2D eigenvalue weighted by Crippen LogP contribution is 2.46. The molecule has 5 aromatic carbocycles. The zero-order valence-electron chi connectivity index (χ0n) is 32.7. The highest BCUT2D eigenvalue weighted by molar-refractivity contribution is 6.17. The molecule has 5 atom stereocenters. The summed E-state index contributed by atoms with van der Waals surface area (Å²) in [6.07, 6.45) is -6.08. The summed E-state index contributed by atoms with van der Waals surface area (Å²) >= 11 is 0. The molecule has 0 saturated carbocycles. The predicted molar refractivity (Wildman–Crippen MR) is 215 cm³/mol. The first-order chi connectivity index (χ1) is 28.7. The number of aliphatic hydroxyl groups excluding tert-OH is 4. The largest absolute Gasteiger partial charge is 0.459 e. The van der Waals surface area contributed by atoms with E-state index in [0.29, 0.717) is 23.6 Å². The number of esters is 1. The van der Waals surface area contributed by atoms with Crippen LogP contribution in [0.3, 0.4) is 0 Å². The second kappa shape index (κ2) is 14.1. The van der Waals surface area contributed by atoms with E-state index in [1.807, 2.05) is 38.1 Å². The Hall–Kier alpha value is -6.91. The summed E-state index contributed by atoms with van der Waals surface area (Å²) < 4.78 is 11.5. The number of aryl methyl sites for hydroxylation is 1. The van der Waals surface area contributed by atoms with E-state index in [4.69, 9.17) is 9.47 Å². The van der Waals surface area contributed by atoms with Gasteiger partial charge in [-0.05, 0) is 99.1 Å². The van der Waals surface area contributed by atoms with Crippen LogP contribution in [0.5, 0.6) is 11.5 Å². The molecule has 0 aromatic heterocycles. The summed E-state index contributed by atoms with van der Waals surface area (Å²) in [7, 11) is 1.41. The maximum Gasteiger partial charge on any atom is 0.338 e. The van der Waals surface area contributed by atoms with E-state index < -0.39 is 60.6 Å². The molecule has 304 valence electrons. The van der Waals surface area contributed by atoms with Gasteiger partial charge >= 0.3 is 5.97 Å². The molecule has 5 aromatic rings. The van der Waals surface area contributed by atoms with Crippen molar-refractivity contribution in [1.82, 2.24) is 4.90 Å². The van der Waals surface area contributed by atoms with Gasteiger partial charge in [0.1, 0.15) is 11.5 Å². The number of carbonyl (C=O) groups excluding carboxylic acids is 5. The van der Waals surface area contributed by atoms with Gasteiger partial charge in [-0.1, -0.05) is 24.6 Å². The molecule has 4 aliphatic rings. The zero-order valence-corrected chi connectivity index (χ0v) is 32.7. The van der Waals surface area contributed by atoms with Crippen molar-refractivity contribution in [3.05, 3.63) is 147 Å². The Morgan fingerprint density at radius 2 is 1.00 bits per heavy atom. The predicted octanol–water partition coefficient (Wildman–Crippen LogP) is 5.77. The maximum atomic E-state index is 14.3. The Morgan fingerprint density at radius 1 is 0.583 bits per heavy atom. The quantitative estimate of drug-likeness (QED) is 0.139. The summed E-state index contributed by atoms with van der Waals surface area (Å²) in [6, 6.07) is 23.4. The Bertz CT molecular complexity index is 2680. The molecule has 4 aliphatic heterocycles. The summed E-state index contributed by atoms with van der Waals surface area (Å²) in [5.74, 6) is -2.24. The summed E-state index contributed by atoms with van der Waals surface area (Å²) in [5, 5.41) is 45.5. The highest BCUT2D eigenvalue weighted by atomic mass is 16.5. The van der Waals surface area contributed by atoms with Crippen LogP contribution in [0, 0.1) is 6.92 Å². The Labute approximate surface area is 342 Å². The molecule has 0 aliphatic carbocycles. The number of aliphatic hydroxyl groups is 4. The molecule has 5 unspecified atom stereocenters. The number of carbonyl (C=O) groups is 5. The average Bonchev–Trinajstić information content (AvgIpc) is 3.82. The molecule has 4 N–H and O–H groups in total. The third kappa shape index (κ3) is 5.92. The van der Waals surface area contributed by atoms with Gasteiger partial charge in [0.25, 0.3) is 23.6 Å². The lowest BCUT2D eigenvalue weighted by Gasteiger charge is -2.26. The lowest BCUT2D eigenvalue weighted by atomic mass is 10.0. The molecule has 15 heteroatoms. The first-order valence-corrected chi connectivity index (χ1v) is 19.2. The molecular formula is C45H38N4O11. The van der Waals surface area contributed by atoms with Crippen LogP contribution in [0.4, 0.5) is 17.1 Å². The normalized spacial score (nSPS) is 20.7. The topological polar surface area (TPSA) is 198 Å². The molecule has 4 heterocycles. The highest BCUT2D eigenvalue weighted by Gasteiger charge is 2.45. The Kier molecular flexibility index (Phi) is 9.09. The number of ether oxygens (including phenoxy) is 2. The zero-order chi connectivity index (χ0) is 42.5. The van der Waals surface area contributed by atoms with Crippen LogP contribution < -0.4 is 19.4 Å². The van der Waals surface area contributed by atoms with E-state index in [1.165, 1.54) is 54.4 Å². The van der Waals surface area contributed by atoms with Gasteiger partial charge in [-0.25, -0.2) is 4.79 Å². The number of anilines is 3. The van der Waals surface area contributed by atoms with Crippen LogP contribution in [0.25, 0.3) is 0 Å². The van der Waals surface area contributed by atoms with Gasteiger partial charge in [0.05, 0.1) is 11.7 Å². The second-order valence-corrected chi connectivity index (χ2v) is 15.3. The summed E-state index contributed by atoms with van der Waals surface area (Å²) in [5.41, 5.74) is 1.90. The van der Waals surface area contributed by atoms with E-state index in [0.717, 1.165) is 20.3 Å². The van der Waals surface area contributed by atoms with E-state index in [-0.39, 0.29) is 61.4 Å². The molecular weight excluding hydrogens is 773 g/mol. The van der Waals surface area contributed by atoms with Crippen molar-refractivity contribution in [1.29, 1.82) is 0 Å². The van der Waals surface area contributed by atoms with Crippen molar-refractivity contribution in [3.8, 4) is 11.5 Å². The van der Waals surface area contributed by atoms with Crippen molar-refractivity contribution >= 4 is 46.7 Å². The van der Waals surface area contributed by atoms with Gasteiger partial charge in [-0.15, -0.1) is 0 Å². The van der Waals surface area contributed by atoms with Crippen LogP contribution in [-0.2, 0) is 4.74 Å². The molecule has 15 nitrogen and oxygen atoms in total. The Morgan fingerprint density at radius 3 is 1.47 bits per heavy atom. The summed E-state index contributed by atoms with van der Waals surface area (Å²) in [6.45, 7) is 5.48. The van der Waals surface area contributed by atoms with E-state index in [2.05, 4.69) is 0 Å². The first-order valence-electron chi connectivity index (χ1n) is 19.2. The standard InChI is InChI=1S/C45H38N4O11/c1-5-22(3)59-45(58)23-14-25(48-41(54)31-17-29-30(18-32(31)42(48)55)38(51)46(4)37(29)50)16-26(15-23)49-43(56)35-19-33-34(20-36(35)44(49)57)40(53)47(39(33)52)24-8-12-28(13-9-24)60-27-10-6-21(2)7-11-27/h6-20,22,37,39,41,43,50,52,54,56H,5H2,1-4H3. The summed E-state index contributed by atoms with van der Waals surface area (Å²) in [4.78, 5) is 72.7. The van der Waals surface area contributed by atoms with E-state index >= 15 is 0 Å². The SMILES string of the molecule is CCC(C)OC(=O)c1cc(N2C(=O)c3cc4c(cc3C2O)C(O)N(C)C4=O)cc(N2C(=O)c3cc4c(cc3C2O)C(O)N(c2ccc(Oc3ccc(C)cc3)cc2)C4=O)c1. The number of benzene rings is 5. The minimum atomic E-state index is -1.68. The lowest BCUT2D eigenvalue weighted by molar-refractivity contribution is 0.0298. The fourth-order valence-corrected chi connectivity index (χ4v) is 8.03. The lowest BCUT2D eigenvalue weighted by Crippen LogP contribution is -2.31. The molecule has 0 radical (unpaired) electrons. The number of nitrogens with zero attached hydrogens (tertiary/aromatic N) is 4. The van der Waals surface area contributed by atoms with Crippen molar-refractivity contribution < 1.29 is 53.9 Å². The number of hydrogen-bond donors (Lipinski definition) is 4. The van der Waals surface area contributed by atoms with Crippen LogP contribution in [-0.4, -0.2) is 68.1 Å². The van der Waals surface area contributed by atoms with Gasteiger partial charge in [-0.3, -0.25) is 33.9 Å². The number of amides is 4. The van der Waals surface area contributed by atoms with Crippen molar-refractivity contribution in [2.24, 2.45) is 0 Å². The first kappa shape index (κ1) is 38.6. The fraction of sp³-hybridized carbons (Fsp3) is 0.222. The van der Waals surface area contributed by atoms with Crippen molar-refractivity contribution in [3.63, 3.8) is 0 Å². The average molecular weight is 811 g/mol. The molecule has 9 rings (SSSR count). The van der Waals surface area contributed by atoms with Gasteiger partial charge in [0, 0.05) is 68.6 Å². The number of rotatable bonds is 8. The molecule has 0 fully saturated rings. The third-order valence-corrected chi connectivity index (χ3v) is 11.5. The van der Waals surface area contributed by atoms with Crippen LogP contribution in [0.2, 0.25) is 0 Å².